The van der Waals surface area contributed by atoms with E-state index in [4.69, 9.17) is 4.98 Å². The molecule has 0 unspecified atom stereocenters. The van der Waals surface area contributed by atoms with Gasteiger partial charge in [0.15, 0.2) is 0 Å². The number of rotatable bonds is 4. The third kappa shape index (κ3) is 3.32. The number of likely N-dealkylation sites (N-methyl/N-ethyl adjacent to an activating group) is 1. The fourth-order valence-electron chi connectivity index (χ4n) is 3.86. The Morgan fingerprint density at radius 3 is 2.82 bits per heavy atom. The molecule has 28 heavy (non-hydrogen) atoms. The van der Waals surface area contributed by atoms with Gasteiger partial charge in [-0.3, -0.25) is 19.2 Å². The first kappa shape index (κ1) is 17.5. The van der Waals surface area contributed by atoms with E-state index in [0.29, 0.717) is 0 Å². The number of hydrogen-bond donors (Lipinski definition) is 0. The zero-order valence-corrected chi connectivity index (χ0v) is 16.6. The highest BCUT2D eigenvalue weighted by molar-refractivity contribution is 7.09. The second-order valence-corrected chi connectivity index (χ2v) is 8.18. The Hall–Kier alpha value is -2.61. The first-order valence-corrected chi connectivity index (χ1v) is 10.4. The van der Waals surface area contributed by atoms with Crippen molar-refractivity contribution in [3.05, 3.63) is 71.2 Å². The first-order chi connectivity index (χ1) is 13.8. The van der Waals surface area contributed by atoms with E-state index in [2.05, 4.69) is 55.6 Å². The highest BCUT2D eigenvalue weighted by Gasteiger charge is 2.28. The molecule has 0 spiro atoms. The smallest absolute Gasteiger partial charge is 0.137 e. The van der Waals surface area contributed by atoms with Crippen LogP contribution in [-0.4, -0.2) is 55.8 Å². The molecule has 0 amide bonds. The SMILES string of the molecule is CN1CCN(Cc2nccs2)C[C@H]1c1cn2c(-c3ccncc3)cccc2n1. The Morgan fingerprint density at radius 2 is 2.00 bits per heavy atom. The summed E-state index contributed by atoms with van der Waals surface area (Å²) in [5, 5.41) is 3.23. The molecule has 142 valence electrons. The lowest BCUT2D eigenvalue weighted by Gasteiger charge is -2.38. The van der Waals surface area contributed by atoms with Crippen LogP contribution in [-0.2, 0) is 6.54 Å². The number of aromatic nitrogens is 4. The predicted molar refractivity (Wildman–Crippen MR) is 111 cm³/mol. The van der Waals surface area contributed by atoms with Gasteiger partial charge < -0.3 is 0 Å². The minimum atomic E-state index is 0.277. The highest BCUT2D eigenvalue weighted by atomic mass is 32.1. The van der Waals surface area contributed by atoms with Crippen LogP contribution in [0.3, 0.4) is 0 Å². The fourth-order valence-corrected chi connectivity index (χ4v) is 4.52. The van der Waals surface area contributed by atoms with E-state index in [1.807, 2.05) is 36.1 Å². The van der Waals surface area contributed by atoms with Crippen molar-refractivity contribution < 1.29 is 0 Å². The largest absolute Gasteiger partial charge is 0.299 e. The molecule has 1 saturated heterocycles. The molecule has 0 bridgehead atoms. The molecule has 1 aliphatic heterocycles. The van der Waals surface area contributed by atoms with Gasteiger partial charge in [0.25, 0.3) is 0 Å². The van der Waals surface area contributed by atoms with E-state index in [-0.39, 0.29) is 6.04 Å². The maximum atomic E-state index is 4.97. The van der Waals surface area contributed by atoms with Gasteiger partial charge in [-0.05, 0) is 31.3 Å². The van der Waals surface area contributed by atoms with Crippen molar-refractivity contribution in [2.75, 3.05) is 26.7 Å². The minimum Gasteiger partial charge on any atom is -0.299 e. The molecular weight excluding hydrogens is 368 g/mol. The number of piperazine rings is 1. The van der Waals surface area contributed by atoms with E-state index >= 15 is 0 Å². The molecule has 4 aromatic rings. The fraction of sp³-hybridized carbons (Fsp3) is 0.286. The summed E-state index contributed by atoms with van der Waals surface area (Å²) in [6.07, 6.45) is 7.74. The lowest BCUT2D eigenvalue weighted by molar-refractivity contribution is 0.0885. The molecule has 4 aromatic heterocycles. The standard InChI is InChI=1S/C21H22N6S/c1-25-10-11-26(15-21-23-9-12-28-21)14-19(25)17-13-27-18(3-2-4-20(27)24-17)16-5-7-22-8-6-16/h2-9,12-13,19H,10-11,14-15H2,1H3/t19-/m0/s1. The number of imidazole rings is 1. The Balaban J connectivity index is 1.46. The number of pyridine rings is 2. The van der Waals surface area contributed by atoms with Crippen LogP contribution in [0.1, 0.15) is 16.7 Å². The van der Waals surface area contributed by atoms with E-state index in [9.17, 15) is 0 Å². The molecule has 0 aliphatic carbocycles. The summed E-state index contributed by atoms with van der Waals surface area (Å²) in [5.41, 5.74) is 4.38. The molecule has 5 heterocycles. The van der Waals surface area contributed by atoms with Crippen molar-refractivity contribution in [3.8, 4) is 11.3 Å². The maximum Gasteiger partial charge on any atom is 0.137 e. The van der Waals surface area contributed by atoms with Crippen LogP contribution in [0.4, 0.5) is 0 Å². The zero-order valence-electron chi connectivity index (χ0n) is 15.8. The molecule has 1 atom stereocenters. The summed E-state index contributed by atoms with van der Waals surface area (Å²) in [7, 11) is 2.19. The van der Waals surface area contributed by atoms with Crippen molar-refractivity contribution in [1.82, 2.24) is 29.2 Å². The normalized spacial score (nSPS) is 18.7. The Morgan fingerprint density at radius 1 is 1.11 bits per heavy atom. The molecule has 0 radical (unpaired) electrons. The molecule has 0 aromatic carbocycles. The second kappa shape index (κ2) is 7.43. The van der Waals surface area contributed by atoms with Gasteiger partial charge in [0.2, 0.25) is 0 Å². The summed E-state index contributed by atoms with van der Waals surface area (Å²) in [6, 6.07) is 10.6. The molecule has 7 heteroatoms. The lowest BCUT2D eigenvalue weighted by atomic mass is 10.1. The van der Waals surface area contributed by atoms with Crippen LogP contribution in [0.5, 0.6) is 0 Å². The van der Waals surface area contributed by atoms with Crippen LogP contribution in [0.2, 0.25) is 0 Å². The van der Waals surface area contributed by atoms with Crippen molar-refractivity contribution in [3.63, 3.8) is 0 Å². The molecule has 1 fully saturated rings. The highest BCUT2D eigenvalue weighted by Crippen LogP contribution is 2.27. The van der Waals surface area contributed by atoms with E-state index in [0.717, 1.165) is 48.8 Å². The van der Waals surface area contributed by atoms with Crippen LogP contribution in [0, 0.1) is 0 Å². The summed E-state index contributed by atoms with van der Waals surface area (Å²) in [4.78, 5) is 18.4. The molecule has 0 N–H and O–H groups in total. The van der Waals surface area contributed by atoms with Gasteiger partial charge in [-0.15, -0.1) is 11.3 Å². The van der Waals surface area contributed by atoms with Gasteiger partial charge in [0, 0.05) is 55.4 Å². The average Bonchev–Trinajstić information content (AvgIpc) is 3.39. The van der Waals surface area contributed by atoms with Crippen LogP contribution < -0.4 is 0 Å². The van der Waals surface area contributed by atoms with Gasteiger partial charge in [0.05, 0.1) is 24.0 Å². The average molecular weight is 391 g/mol. The summed E-state index contributed by atoms with van der Waals surface area (Å²) in [6.45, 7) is 3.96. The van der Waals surface area contributed by atoms with Crippen molar-refractivity contribution >= 4 is 17.0 Å². The first-order valence-electron chi connectivity index (χ1n) is 9.47. The summed E-state index contributed by atoms with van der Waals surface area (Å²) < 4.78 is 2.19. The number of fused-ring (bicyclic) bond motifs is 1. The van der Waals surface area contributed by atoms with Crippen molar-refractivity contribution in [2.24, 2.45) is 0 Å². The van der Waals surface area contributed by atoms with Gasteiger partial charge in [-0.25, -0.2) is 9.97 Å². The topological polar surface area (TPSA) is 49.6 Å². The summed E-state index contributed by atoms with van der Waals surface area (Å²) >= 11 is 1.73. The third-order valence-electron chi connectivity index (χ3n) is 5.40. The number of nitrogens with zero attached hydrogens (tertiary/aromatic N) is 6. The van der Waals surface area contributed by atoms with Gasteiger partial charge >= 0.3 is 0 Å². The zero-order chi connectivity index (χ0) is 18.9. The van der Waals surface area contributed by atoms with Gasteiger partial charge in [-0.1, -0.05) is 6.07 Å². The summed E-state index contributed by atoms with van der Waals surface area (Å²) in [5.74, 6) is 0. The third-order valence-corrected chi connectivity index (χ3v) is 6.17. The second-order valence-electron chi connectivity index (χ2n) is 7.20. The van der Waals surface area contributed by atoms with Gasteiger partial charge in [-0.2, -0.15) is 0 Å². The molecule has 5 rings (SSSR count). The number of thiazole rings is 1. The Labute approximate surface area is 168 Å². The van der Waals surface area contributed by atoms with E-state index in [1.54, 1.807) is 11.3 Å². The monoisotopic (exact) mass is 390 g/mol. The maximum absolute atomic E-state index is 4.97. The Bertz CT molecular complexity index is 1060. The molecule has 1 aliphatic rings. The van der Waals surface area contributed by atoms with Crippen molar-refractivity contribution in [2.45, 2.75) is 12.6 Å². The molecule has 0 saturated carbocycles. The minimum absolute atomic E-state index is 0.277. The van der Waals surface area contributed by atoms with Crippen molar-refractivity contribution in [1.29, 1.82) is 0 Å². The quantitative estimate of drug-likeness (QED) is 0.535. The Kier molecular flexibility index (Phi) is 4.64. The predicted octanol–water partition coefficient (Wildman–Crippen LogP) is 3.34. The van der Waals surface area contributed by atoms with E-state index in [1.165, 1.54) is 5.01 Å². The van der Waals surface area contributed by atoms with Crippen LogP contribution in [0.25, 0.3) is 16.9 Å². The molecule has 6 nitrogen and oxygen atoms in total. The van der Waals surface area contributed by atoms with E-state index < -0.39 is 0 Å². The molecular formula is C21H22N6S. The van der Waals surface area contributed by atoms with Crippen LogP contribution >= 0.6 is 11.3 Å². The van der Waals surface area contributed by atoms with Gasteiger partial charge in [0.1, 0.15) is 10.7 Å². The lowest BCUT2D eigenvalue weighted by Crippen LogP contribution is -2.46. The van der Waals surface area contributed by atoms with Crippen LogP contribution in [0.15, 0.2) is 60.5 Å². The number of hydrogen-bond acceptors (Lipinski definition) is 6.